The van der Waals surface area contributed by atoms with Crippen molar-refractivity contribution in [3.05, 3.63) is 54.2 Å². The van der Waals surface area contributed by atoms with Gasteiger partial charge in [0.25, 0.3) is 0 Å². The van der Waals surface area contributed by atoms with E-state index in [4.69, 9.17) is 9.47 Å². The fourth-order valence-electron chi connectivity index (χ4n) is 4.45. The number of sulfone groups is 1. The Labute approximate surface area is 200 Å². The zero-order valence-electron chi connectivity index (χ0n) is 19.8. The highest BCUT2D eigenvalue weighted by atomic mass is 32.2. The quantitative estimate of drug-likeness (QED) is 0.461. The van der Waals surface area contributed by atoms with Gasteiger partial charge in [0.15, 0.2) is 0 Å². The van der Waals surface area contributed by atoms with E-state index in [1.54, 1.807) is 32.2 Å². The minimum absolute atomic E-state index is 0.127. The van der Waals surface area contributed by atoms with Crippen LogP contribution in [0.4, 0.5) is 5.69 Å². The summed E-state index contributed by atoms with van der Waals surface area (Å²) in [7, 11) is -2.29. The largest absolute Gasteiger partial charge is 0.497 e. The minimum atomic E-state index is -3.86. The predicted octanol–water partition coefficient (Wildman–Crippen LogP) is 4.42. The third-order valence-corrected chi connectivity index (χ3v) is 8.07. The van der Waals surface area contributed by atoms with Gasteiger partial charge in [-0.3, -0.25) is 9.78 Å². The number of benzene rings is 2. The molecule has 2 aromatic carbocycles. The van der Waals surface area contributed by atoms with E-state index in [2.05, 4.69) is 4.98 Å². The number of aromatic nitrogens is 1. The molecule has 2 heterocycles. The molecular weight excluding hydrogens is 452 g/mol. The van der Waals surface area contributed by atoms with Crippen molar-refractivity contribution in [1.29, 1.82) is 0 Å². The van der Waals surface area contributed by atoms with Crippen molar-refractivity contribution >= 4 is 32.4 Å². The summed E-state index contributed by atoms with van der Waals surface area (Å²) in [6, 6.07) is 12.4. The van der Waals surface area contributed by atoms with Gasteiger partial charge in [-0.05, 0) is 62.1 Å². The molecule has 7 nitrogen and oxygen atoms in total. The number of ether oxygens (including phenoxy) is 2. The summed E-state index contributed by atoms with van der Waals surface area (Å²) >= 11 is 0. The molecule has 3 aromatic rings. The Morgan fingerprint density at radius 2 is 1.91 bits per heavy atom. The first kappa shape index (κ1) is 24.0. The maximum Gasteiger partial charge on any atom is 0.310 e. The second-order valence-electron chi connectivity index (χ2n) is 8.39. The molecule has 0 N–H and O–H groups in total. The molecule has 1 saturated heterocycles. The van der Waals surface area contributed by atoms with Gasteiger partial charge >= 0.3 is 5.97 Å². The highest BCUT2D eigenvalue weighted by Gasteiger charge is 2.32. The molecule has 1 atom stereocenters. The van der Waals surface area contributed by atoms with E-state index >= 15 is 0 Å². The molecule has 0 saturated carbocycles. The van der Waals surface area contributed by atoms with Crippen LogP contribution in [0.15, 0.2) is 58.5 Å². The summed E-state index contributed by atoms with van der Waals surface area (Å²) in [5, 5.41) is 0.676. The van der Waals surface area contributed by atoms with E-state index in [1.165, 1.54) is 6.20 Å². The van der Waals surface area contributed by atoms with Crippen molar-refractivity contribution < 1.29 is 22.7 Å². The molecule has 1 fully saturated rings. The summed E-state index contributed by atoms with van der Waals surface area (Å²) in [6.07, 6.45) is 3.72. The van der Waals surface area contributed by atoms with Crippen LogP contribution < -0.4 is 9.64 Å². The van der Waals surface area contributed by atoms with Gasteiger partial charge < -0.3 is 14.4 Å². The SMILES string of the molecule is CCOC(=O)[C@@H]1CCCN(c2c(S(=O)(=O)c3ccc(CC)cc3)cnc3ccc(OC)cc23)C1. The summed E-state index contributed by atoms with van der Waals surface area (Å²) in [6.45, 7) is 5.14. The number of fused-ring (bicyclic) bond motifs is 1. The molecule has 0 unspecified atom stereocenters. The Morgan fingerprint density at radius 1 is 1.15 bits per heavy atom. The van der Waals surface area contributed by atoms with Gasteiger partial charge in [-0.15, -0.1) is 0 Å². The number of anilines is 1. The van der Waals surface area contributed by atoms with Crippen LogP contribution in [0.25, 0.3) is 10.9 Å². The molecule has 1 aliphatic rings. The van der Waals surface area contributed by atoms with Gasteiger partial charge in [-0.1, -0.05) is 19.1 Å². The first-order valence-corrected chi connectivity index (χ1v) is 13.1. The van der Waals surface area contributed by atoms with Crippen LogP contribution in [0.3, 0.4) is 0 Å². The number of carbonyl (C=O) groups excluding carboxylic acids is 1. The molecule has 180 valence electrons. The molecule has 0 spiro atoms. The van der Waals surface area contributed by atoms with Crippen LogP contribution in [0.1, 0.15) is 32.3 Å². The predicted molar refractivity (Wildman–Crippen MR) is 131 cm³/mol. The van der Waals surface area contributed by atoms with Crippen molar-refractivity contribution in [3.8, 4) is 5.75 Å². The number of rotatable bonds is 7. The Balaban J connectivity index is 1.88. The number of aryl methyl sites for hydroxylation is 1. The van der Waals surface area contributed by atoms with E-state index in [0.717, 1.165) is 18.4 Å². The average Bonchev–Trinajstić information content (AvgIpc) is 2.87. The maximum absolute atomic E-state index is 13.8. The van der Waals surface area contributed by atoms with Gasteiger partial charge in [0.05, 0.1) is 35.7 Å². The molecule has 0 radical (unpaired) electrons. The van der Waals surface area contributed by atoms with Crippen molar-refractivity contribution in [2.24, 2.45) is 5.92 Å². The monoisotopic (exact) mass is 482 g/mol. The van der Waals surface area contributed by atoms with Crippen LogP contribution in [0.5, 0.6) is 5.75 Å². The lowest BCUT2D eigenvalue weighted by atomic mass is 9.97. The number of hydrogen-bond acceptors (Lipinski definition) is 7. The maximum atomic E-state index is 13.8. The van der Waals surface area contributed by atoms with Crippen LogP contribution in [-0.2, 0) is 25.8 Å². The Hall–Kier alpha value is -3.13. The van der Waals surface area contributed by atoms with E-state index in [1.807, 2.05) is 36.1 Å². The van der Waals surface area contributed by atoms with Gasteiger partial charge in [0.2, 0.25) is 9.84 Å². The van der Waals surface area contributed by atoms with Gasteiger partial charge in [0.1, 0.15) is 10.6 Å². The standard InChI is InChI=1S/C26H30N2O5S/c1-4-18-8-11-21(12-9-18)34(30,31)24-16-27-23-13-10-20(32-3)15-22(23)25(24)28-14-6-7-19(17-28)26(29)33-5-2/h8-13,15-16,19H,4-7,14,17H2,1-3H3/t19-/m1/s1. The molecule has 34 heavy (non-hydrogen) atoms. The summed E-state index contributed by atoms with van der Waals surface area (Å²) in [5.41, 5.74) is 2.28. The van der Waals surface area contributed by atoms with Crippen LogP contribution in [0.2, 0.25) is 0 Å². The van der Waals surface area contributed by atoms with Gasteiger partial charge in [-0.2, -0.15) is 0 Å². The number of piperidine rings is 1. The second-order valence-corrected chi connectivity index (χ2v) is 10.3. The number of esters is 1. The summed E-state index contributed by atoms with van der Waals surface area (Å²) in [5.74, 6) is 0.0426. The molecule has 1 aliphatic heterocycles. The van der Waals surface area contributed by atoms with Crippen molar-refractivity contribution in [1.82, 2.24) is 4.98 Å². The summed E-state index contributed by atoms with van der Waals surface area (Å²) in [4.78, 5) is 19.3. The Bertz CT molecular complexity index is 1290. The third kappa shape index (κ3) is 4.59. The highest BCUT2D eigenvalue weighted by molar-refractivity contribution is 7.91. The lowest BCUT2D eigenvalue weighted by Gasteiger charge is -2.35. The van der Waals surface area contributed by atoms with Crippen molar-refractivity contribution in [2.75, 3.05) is 31.7 Å². The molecule has 0 aliphatic carbocycles. The number of carbonyl (C=O) groups is 1. The molecule has 4 rings (SSSR count). The van der Waals surface area contributed by atoms with E-state index in [0.29, 0.717) is 48.5 Å². The van der Waals surface area contributed by atoms with E-state index < -0.39 is 9.84 Å². The number of methoxy groups -OCH3 is 1. The smallest absolute Gasteiger partial charge is 0.310 e. The topological polar surface area (TPSA) is 85.8 Å². The van der Waals surface area contributed by atoms with Crippen LogP contribution in [-0.4, -0.2) is 46.2 Å². The second kappa shape index (κ2) is 10.0. The van der Waals surface area contributed by atoms with Gasteiger partial charge in [-0.25, -0.2) is 8.42 Å². The third-order valence-electron chi connectivity index (χ3n) is 6.30. The Kier molecular flexibility index (Phi) is 7.07. The number of pyridine rings is 1. The van der Waals surface area contributed by atoms with Crippen LogP contribution >= 0.6 is 0 Å². The van der Waals surface area contributed by atoms with Gasteiger partial charge in [0, 0.05) is 24.7 Å². The summed E-state index contributed by atoms with van der Waals surface area (Å²) < 4.78 is 38.3. The lowest BCUT2D eigenvalue weighted by molar-refractivity contribution is -0.148. The van der Waals surface area contributed by atoms with Crippen molar-refractivity contribution in [2.45, 2.75) is 42.9 Å². The molecule has 0 bridgehead atoms. The molecule has 1 aromatic heterocycles. The average molecular weight is 483 g/mol. The van der Waals surface area contributed by atoms with Crippen LogP contribution in [0, 0.1) is 5.92 Å². The van der Waals surface area contributed by atoms with Crippen molar-refractivity contribution in [3.63, 3.8) is 0 Å². The molecular formula is C26H30N2O5S. The first-order valence-electron chi connectivity index (χ1n) is 11.6. The fourth-order valence-corrected chi connectivity index (χ4v) is 5.89. The first-order chi connectivity index (χ1) is 16.4. The minimum Gasteiger partial charge on any atom is -0.497 e. The zero-order chi connectivity index (χ0) is 24.3. The Morgan fingerprint density at radius 3 is 2.59 bits per heavy atom. The normalized spacial score (nSPS) is 16.4. The number of nitrogens with zero attached hydrogens (tertiary/aromatic N) is 2. The zero-order valence-corrected chi connectivity index (χ0v) is 20.6. The number of hydrogen-bond donors (Lipinski definition) is 0. The highest BCUT2D eigenvalue weighted by Crippen LogP contribution is 2.39. The molecule has 0 amide bonds. The van der Waals surface area contributed by atoms with E-state index in [-0.39, 0.29) is 21.7 Å². The lowest BCUT2D eigenvalue weighted by Crippen LogP contribution is -2.40. The fraction of sp³-hybridized carbons (Fsp3) is 0.385. The molecule has 8 heteroatoms. The van der Waals surface area contributed by atoms with E-state index in [9.17, 15) is 13.2 Å².